The van der Waals surface area contributed by atoms with E-state index in [9.17, 15) is 9.59 Å². The van der Waals surface area contributed by atoms with Crippen LogP contribution in [-0.4, -0.2) is 43.9 Å². The normalized spacial score (nSPS) is 15.6. The molecule has 0 radical (unpaired) electrons. The fraction of sp³-hybridized carbons (Fsp3) is 0.348. The zero-order valence-corrected chi connectivity index (χ0v) is 17.5. The lowest BCUT2D eigenvalue weighted by Crippen LogP contribution is -2.41. The van der Waals surface area contributed by atoms with Gasteiger partial charge in [0.15, 0.2) is 11.5 Å². The average molecular weight is 425 g/mol. The Morgan fingerprint density at radius 1 is 1.13 bits per heavy atom. The molecule has 8 nitrogen and oxygen atoms in total. The van der Waals surface area contributed by atoms with E-state index in [1.807, 2.05) is 37.3 Å². The quantitative estimate of drug-likeness (QED) is 0.365. The number of carbonyl (C=O) groups excluding carboxylic acids is 2. The summed E-state index contributed by atoms with van der Waals surface area (Å²) in [5.41, 5.74) is 3.97. The Kier molecular flexibility index (Phi) is 8.42. The number of benzene rings is 2. The van der Waals surface area contributed by atoms with Crippen LogP contribution in [0.4, 0.5) is 0 Å². The standard InChI is InChI=1S/C23H27N3O5/c1-2-29-21-13-18(10-11-20(21)31-16-17-7-4-3-5-8-17)14-25-26-23(28)22(27)24-15-19-9-6-12-30-19/h3-5,7-8,10-11,13-14,19H,2,6,9,12,15-16H2,1H3,(H,24,27)(H,26,28)/b25-14-/t19-/m0/s1. The molecule has 2 amide bonds. The second-order valence-electron chi connectivity index (χ2n) is 6.96. The second-order valence-corrected chi connectivity index (χ2v) is 6.96. The van der Waals surface area contributed by atoms with Crippen LogP contribution in [0.2, 0.25) is 0 Å². The van der Waals surface area contributed by atoms with Crippen molar-refractivity contribution < 1.29 is 23.8 Å². The number of nitrogens with one attached hydrogen (secondary N) is 2. The van der Waals surface area contributed by atoms with Crippen LogP contribution < -0.4 is 20.2 Å². The highest BCUT2D eigenvalue weighted by molar-refractivity contribution is 6.35. The summed E-state index contributed by atoms with van der Waals surface area (Å²) in [7, 11) is 0. The maximum absolute atomic E-state index is 11.9. The first kappa shape index (κ1) is 22.3. The number of hydrogen-bond donors (Lipinski definition) is 2. The van der Waals surface area contributed by atoms with Gasteiger partial charge in [0.2, 0.25) is 0 Å². The number of nitrogens with zero attached hydrogens (tertiary/aromatic N) is 1. The van der Waals surface area contributed by atoms with Gasteiger partial charge in [-0.15, -0.1) is 0 Å². The van der Waals surface area contributed by atoms with E-state index in [4.69, 9.17) is 14.2 Å². The van der Waals surface area contributed by atoms with Gasteiger partial charge < -0.3 is 19.5 Å². The highest BCUT2D eigenvalue weighted by Gasteiger charge is 2.19. The third kappa shape index (κ3) is 7.11. The number of amides is 2. The Balaban J connectivity index is 1.52. The molecule has 0 aliphatic carbocycles. The molecule has 3 rings (SSSR count). The molecule has 0 aromatic heterocycles. The van der Waals surface area contributed by atoms with Gasteiger partial charge in [-0.05, 0) is 49.1 Å². The number of hydrazone groups is 1. The van der Waals surface area contributed by atoms with E-state index >= 15 is 0 Å². The summed E-state index contributed by atoms with van der Waals surface area (Å²) in [5, 5.41) is 6.40. The van der Waals surface area contributed by atoms with Crippen LogP contribution in [-0.2, 0) is 20.9 Å². The van der Waals surface area contributed by atoms with Crippen LogP contribution in [0.5, 0.6) is 11.5 Å². The van der Waals surface area contributed by atoms with Gasteiger partial charge in [0.25, 0.3) is 0 Å². The summed E-state index contributed by atoms with van der Waals surface area (Å²) in [4.78, 5) is 23.7. The molecular weight excluding hydrogens is 398 g/mol. The topological polar surface area (TPSA) is 98.2 Å². The van der Waals surface area contributed by atoms with E-state index < -0.39 is 11.8 Å². The molecule has 0 saturated carbocycles. The molecule has 2 aromatic carbocycles. The van der Waals surface area contributed by atoms with E-state index in [-0.39, 0.29) is 6.10 Å². The summed E-state index contributed by atoms with van der Waals surface area (Å²) in [6.07, 6.45) is 3.26. The van der Waals surface area contributed by atoms with E-state index in [0.29, 0.717) is 43.4 Å². The lowest BCUT2D eigenvalue weighted by molar-refractivity contribution is -0.139. The molecule has 1 atom stereocenters. The van der Waals surface area contributed by atoms with Crippen molar-refractivity contribution in [1.82, 2.24) is 10.7 Å². The van der Waals surface area contributed by atoms with Gasteiger partial charge in [0.05, 0.1) is 18.9 Å². The number of rotatable bonds is 9. The smallest absolute Gasteiger partial charge is 0.329 e. The molecule has 0 bridgehead atoms. The SMILES string of the molecule is CCOc1cc(/C=N\NC(=O)C(=O)NC[C@@H]2CCCO2)ccc1OCc1ccccc1. The minimum absolute atomic E-state index is 0.0279. The molecule has 0 spiro atoms. The molecule has 1 fully saturated rings. The van der Waals surface area contributed by atoms with Crippen LogP contribution in [0.25, 0.3) is 0 Å². The largest absolute Gasteiger partial charge is 0.490 e. The Morgan fingerprint density at radius 2 is 1.97 bits per heavy atom. The minimum atomic E-state index is -0.831. The first-order chi connectivity index (χ1) is 15.2. The molecular formula is C23H27N3O5. The molecule has 1 aliphatic heterocycles. The number of ether oxygens (including phenoxy) is 3. The van der Waals surface area contributed by atoms with Crippen molar-refractivity contribution in [3.63, 3.8) is 0 Å². The zero-order valence-electron chi connectivity index (χ0n) is 17.5. The molecule has 1 heterocycles. The summed E-state index contributed by atoms with van der Waals surface area (Å²) < 4.78 is 16.9. The zero-order chi connectivity index (χ0) is 21.9. The van der Waals surface area contributed by atoms with E-state index in [1.165, 1.54) is 6.21 Å². The highest BCUT2D eigenvalue weighted by Crippen LogP contribution is 2.28. The van der Waals surface area contributed by atoms with Gasteiger partial charge in [-0.3, -0.25) is 9.59 Å². The van der Waals surface area contributed by atoms with Gasteiger partial charge in [0.1, 0.15) is 6.61 Å². The van der Waals surface area contributed by atoms with Crippen molar-refractivity contribution >= 4 is 18.0 Å². The number of carbonyl (C=O) groups is 2. The average Bonchev–Trinajstić information content (AvgIpc) is 3.31. The molecule has 2 N–H and O–H groups in total. The maximum Gasteiger partial charge on any atom is 0.329 e. The lowest BCUT2D eigenvalue weighted by atomic mass is 10.2. The minimum Gasteiger partial charge on any atom is -0.490 e. The van der Waals surface area contributed by atoms with E-state index in [0.717, 1.165) is 18.4 Å². The number of hydrogen-bond acceptors (Lipinski definition) is 6. The van der Waals surface area contributed by atoms with E-state index in [2.05, 4.69) is 15.8 Å². The van der Waals surface area contributed by atoms with Crippen molar-refractivity contribution in [2.45, 2.75) is 32.5 Å². The van der Waals surface area contributed by atoms with Gasteiger partial charge in [-0.1, -0.05) is 30.3 Å². The summed E-state index contributed by atoms with van der Waals surface area (Å²) in [6, 6.07) is 15.2. The predicted molar refractivity (Wildman–Crippen MR) is 116 cm³/mol. The van der Waals surface area contributed by atoms with Crippen molar-refractivity contribution in [1.29, 1.82) is 0 Å². The Labute approximate surface area is 181 Å². The molecule has 31 heavy (non-hydrogen) atoms. The molecule has 8 heteroatoms. The fourth-order valence-corrected chi connectivity index (χ4v) is 3.04. The van der Waals surface area contributed by atoms with Crippen molar-refractivity contribution in [3.8, 4) is 11.5 Å². The lowest BCUT2D eigenvalue weighted by Gasteiger charge is -2.12. The predicted octanol–water partition coefficient (Wildman–Crippen LogP) is 2.41. The first-order valence-corrected chi connectivity index (χ1v) is 10.3. The van der Waals surface area contributed by atoms with Gasteiger partial charge >= 0.3 is 11.8 Å². The second kappa shape index (κ2) is 11.7. The molecule has 0 unspecified atom stereocenters. The summed E-state index contributed by atoms with van der Waals surface area (Å²) in [6.45, 7) is 3.79. The van der Waals surface area contributed by atoms with Crippen molar-refractivity contribution in [3.05, 3.63) is 59.7 Å². The molecule has 1 aliphatic rings. The van der Waals surface area contributed by atoms with Crippen LogP contribution in [0.1, 0.15) is 30.9 Å². The van der Waals surface area contributed by atoms with Crippen LogP contribution in [0.3, 0.4) is 0 Å². The van der Waals surface area contributed by atoms with Gasteiger partial charge in [-0.25, -0.2) is 5.43 Å². The van der Waals surface area contributed by atoms with Crippen LogP contribution in [0, 0.1) is 0 Å². The van der Waals surface area contributed by atoms with Crippen LogP contribution in [0.15, 0.2) is 53.6 Å². The van der Waals surface area contributed by atoms with Gasteiger partial charge in [0, 0.05) is 13.2 Å². The van der Waals surface area contributed by atoms with Crippen molar-refractivity contribution in [2.75, 3.05) is 19.8 Å². The summed E-state index contributed by atoms with van der Waals surface area (Å²) in [5.74, 6) is -0.391. The Bertz CT molecular complexity index is 895. The van der Waals surface area contributed by atoms with Crippen molar-refractivity contribution in [2.24, 2.45) is 5.10 Å². The highest BCUT2D eigenvalue weighted by atomic mass is 16.5. The third-order valence-electron chi connectivity index (χ3n) is 4.60. The Morgan fingerprint density at radius 3 is 2.71 bits per heavy atom. The monoisotopic (exact) mass is 425 g/mol. The molecule has 164 valence electrons. The fourth-order valence-electron chi connectivity index (χ4n) is 3.04. The third-order valence-corrected chi connectivity index (χ3v) is 4.60. The molecule has 2 aromatic rings. The van der Waals surface area contributed by atoms with Crippen LogP contribution >= 0.6 is 0 Å². The summed E-state index contributed by atoms with van der Waals surface area (Å²) >= 11 is 0. The van der Waals surface area contributed by atoms with Gasteiger partial charge in [-0.2, -0.15) is 5.10 Å². The Hall–Kier alpha value is -3.39. The van der Waals surface area contributed by atoms with E-state index in [1.54, 1.807) is 18.2 Å². The first-order valence-electron chi connectivity index (χ1n) is 10.3. The maximum atomic E-state index is 11.9. The molecule has 1 saturated heterocycles.